The number of anilines is 1. The molecule has 0 aromatic carbocycles. The molecule has 1 aliphatic rings. The van der Waals surface area contributed by atoms with Gasteiger partial charge in [-0.2, -0.15) is 0 Å². The molecule has 0 unspecified atom stereocenters. The van der Waals surface area contributed by atoms with Crippen LogP contribution < -0.4 is 5.32 Å². The lowest BCUT2D eigenvalue weighted by atomic mass is 10.2. The van der Waals surface area contributed by atoms with E-state index in [-0.39, 0.29) is 5.54 Å². The lowest BCUT2D eigenvalue weighted by molar-refractivity contribution is 0.822. The highest BCUT2D eigenvalue weighted by Crippen LogP contribution is 2.39. The maximum atomic E-state index is 4.66. The molecule has 1 N–H and O–H groups in total. The summed E-state index contributed by atoms with van der Waals surface area (Å²) in [6, 6.07) is 3.74. The van der Waals surface area contributed by atoms with E-state index in [0.717, 1.165) is 29.6 Å². The van der Waals surface area contributed by atoms with E-state index in [2.05, 4.69) is 37.2 Å². The normalized spacial score (nSPS) is 15.9. The fourth-order valence-corrected chi connectivity index (χ4v) is 2.21. The van der Waals surface area contributed by atoms with Crippen molar-refractivity contribution in [3.63, 3.8) is 0 Å². The number of hydrogen-bond donors (Lipinski definition) is 1. The first-order valence-electron chi connectivity index (χ1n) is 6.90. The quantitative estimate of drug-likeness (QED) is 0.793. The van der Waals surface area contributed by atoms with E-state index >= 15 is 0 Å². The molecule has 0 aliphatic heterocycles. The Bertz CT molecular complexity index is 798. The summed E-state index contributed by atoms with van der Waals surface area (Å²) in [5, 5.41) is 4.51. The van der Waals surface area contributed by atoms with E-state index in [0.29, 0.717) is 11.5 Å². The number of nitrogens with one attached hydrogen (secondary N) is 1. The smallest absolute Gasteiger partial charge is 0.180 e. The number of hydrogen-bond acceptors (Lipinski definition) is 6. The van der Waals surface area contributed by atoms with Gasteiger partial charge in [0.25, 0.3) is 0 Å². The van der Waals surface area contributed by atoms with Gasteiger partial charge in [0.05, 0.1) is 11.7 Å². The van der Waals surface area contributed by atoms with Gasteiger partial charge < -0.3 is 5.32 Å². The molecule has 104 valence electrons. The van der Waals surface area contributed by atoms with Crippen molar-refractivity contribution in [2.75, 3.05) is 5.32 Å². The predicted molar refractivity (Wildman–Crippen MR) is 79.6 cm³/mol. The van der Waals surface area contributed by atoms with Crippen molar-refractivity contribution in [2.24, 2.45) is 0 Å². The highest BCUT2D eigenvalue weighted by atomic mass is 15.1. The van der Waals surface area contributed by atoms with Crippen molar-refractivity contribution in [3.8, 4) is 11.5 Å². The summed E-state index contributed by atoms with van der Waals surface area (Å²) in [4.78, 5) is 21.5. The number of aromatic nitrogens is 5. The van der Waals surface area contributed by atoms with Gasteiger partial charge in [0.2, 0.25) is 0 Å². The van der Waals surface area contributed by atoms with Gasteiger partial charge in [-0.15, -0.1) is 0 Å². The SMILES string of the molecule is CC1(Nc2nc(-c3ccncn3)nc3cnccc23)CC1. The number of fused-ring (bicyclic) bond motifs is 1. The molecule has 1 fully saturated rings. The summed E-state index contributed by atoms with van der Waals surface area (Å²) in [6.07, 6.45) is 9.02. The second kappa shape index (κ2) is 4.44. The average Bonchev–Trinajstić information content (AvgIpc) is 3.25. The summed E-state index contributed by atoms with van der Waals surface area (Å²) in [5.41, 5.74) is 1.67. The van der Waals surface area contributed by atoms with Gasteiger partial charge in [-0.25, -0.2) is 19.9 Å². The zero-order valence-corrected chi connectivity index (χ0v) is 11.6. The Labute approximate surface area is 121 Å². The van der Waals surface area contributed by atoms with Crippen LogP contribution in [0.15, 0.2) is 37.1 Å². The van der Waals surface area contributed by atoms with Crippen LogP contribution in [0.1, 0.15) is 19.8 Å². The van der Waals surface area contributed by atoms with E-state index in [1.54, 1.807) is 24.7 Å². The first kappa shape index (κ1) is 12.1. The summed E-state index contributed by atoms with van der Waals surface area (Å²) in [5.74, 6) is 1.43. The largest absolute Gasteiger partial charge is 0.364 e. The number of rotatable bonds is 3. The van der Waals surface area contributed by atoms with Gasteiger partial charge >= 0.3 is 0 Å². The molecule has 3 heterocycles. The highest BCUT2D eigenvalue weighted by Gasteiger charge is 2.37. The summed E-state index contributed by atoms with van der Waals surface area (Å²) in [6.45, 7) is 2.20. The maximum Gasteiger partial charge on any atom is 0.180 e. The molecule has 0 amide bonds. The Morgan fingerprint density at radius 3 is 2.71 bits per heavy atom. The zero-order valence-electron chi connectivity index (χ0n) is 11.6. The third-order valence-corrected chi connectivity index (χ3v) is 3.73. The minimum atomic E-state index is 0.146. The summed E-state index contributed by atoms with van der Waals surface area (Å²) >= 11 is 0. The molecule has 21 heavy (non-hydrogen) atoms. The molecular weight excluding hydrogens is 264 g/mol. The first-order chi connectivity index (χ1) is 10.2. The monoisotopic (exact) mass is 278 g/mol. The second-order valence-corrected chi connectivity index (χ2v) is 5.57. The Morgan fingerprint density at radius 1 is 1.10 bits per heavy atom. The summed E-state index contributed by atoms with van der Waals surface area (Å²) < 4.78 is 0. The van der Waals surface area contributed by atoms with Crippen LogP contribution in [0, 0.1) is 0 Å². The van der Waals surface area contributed by atoms with Crippen molar-refractivity contribution in [3.05, 3.63) is 37.1 Å². The van der Waals surface area contributed by atoms with Gasteiger partial charge in [0.1, 0.15) is 17.8 Å². The number of nitrogens with zero attached hydrogens (tertiary/aromatic N) is 5. The van der Waals surface area contributed by atoms with Crippen LogP contribution in [0.5, 0.6) is 0 Å². The molecule has 4 rings (SSSR count). The van der Waals surface area contributed by atoms with Crippen LogP contribution in [0.3, 0.4) is 0 Å². The number of pyridine rings is 1. The van der Waals surface area contributed by atoms with Crippen LogP contribution in [-0.2, 0) is 0 Å². The molecule has 1 aliphatic carbocycles. The topological polar surface area (TPSA) is 76.5 Å². The van der Waals surface area contributed by atoms with Crippen LogP contribution in [0.25, 0.3) is 22.4 Å². The molecule has 6 heteroatoms. The molecule has 1 saturated carbocycles. The van der Waals surface area contributed by atoms with E-state index in [1.165, 1.54) is 6.33 Å². The summed E-state index contributed by atoms with van der Waals surface area (Å²) in [7, 11) is 0. The molecule has 6 nitrogen and oxygen atoms in total. The van der Waals surface area contributed by atoms with Gasteiger partial charge in [-0.1, -0.05) is 0 Å². The molecule has 0 radical (unpaired) electrons. The third-order valence-electron chi connectivity index (χ3n) is 3.73. The van der Waals surface area contributed by atoms with Crippen LogP contribution >= 0.6 is 0 Å². The fourth-order valence-electron chi connectivity index (χ4n) is 2.21. The van der Waals surface area contributed by atoms with E-state index in [1.807, 2.05) is 6.07 Å². The molecule has 3 aromatic heterocycles. The highest BCUT2D eigenvalue weighted by molar-refractivity contribution is 5.90. The lowest BCUT2D eigenvalue weighted by Crippen LogP contribution is -2.17. The molecule has 0 saturated heterocycles. The van der Waals surface area contributed by atoms with E-state index < -0.39 is 0 Å². The Kier molecular flexibility index (Phi) is 2.57. The van der Waals surface area contributed by atoms with Gasteiger partial charge in [-0.3, -0.25) is 4.98 Å². The van der Waals surface area contributed by atoms with Crippen molar-refractivity contribution in [1.29, 1.82) is 0 Å². The van der Waals surface area contributed by atoms with Crippen molar-refractivity contribution in [1.82, 2.24) is 24.9 Å². The lowest BCUT2D eigenvalue weighted by Gasteiger charge is -2.15. The molecule has 0 spiro atoms. The third kappa shape index (κ3) is 2.29. The van der Waals surface area contributed by atoms with Crippen LogP contribution in [-0.4, -0.2) is 30.5 Å². The second-order valence-electron chi connectivity index (χ2n) is 5.57. The van der Waals surface area contributed by atoms with Crippen molar-refractivity contribution < 1.29 is 0 Å². The Hall–Kier alpha value is -2.63. The molecule has 0 bridgehead atoms. The minimum Gasteiger partial charge on any atom is -0.364 e. The van der Waals surface area contributed by atoms with Gasteiger partial charge in [0, 0.05) is 23.3 Å². The molecule has 3 aromatic rings. The van der Waals surface area contributed by atoms with Crippen LogP contribution in [0.2, 0.25) is 0 Å². The van der Waals surface area contributed by atoms with Crippen molar-refractivity contribution in [2.45, 2.75) is 25.3 Å². The first-order valence-corrected chi connectivity index (χ1v) is 6.90. The van der Waals surface area contributed by atoms with E-state index in [9.17, 15) is 0 Å². The zero-order chi connectivity index (χ0) is 14.3. The standard InChI is InChI=1S/C15H14N6/c1-15(4-5-15)21-13-10-2-6-16-8-12(10)19-14(20-13)11-3-7-17-9-18-11/h2-3,6-9H,4-5H2,1H3,(H,19,20,21). The fraction of sp³-hybridized carbons (Fsp3) is 0.267. The molecular formula is C15H14N6. The molecule has 0 atom stereocenters. The Morgan fingerprint density at radius 2 is 1.95 bits per heavy atom. The van der Waals surface area contributed by atoms with E-state index in [4.69, 9.17) is 0 Å². The average molecular weight is 278 g/mol. The minimum absolute atomic E-state index is 0.146. The predicted octanol–water partition coefficient (Wildman–Crippen LogP) is 2.45. The Balaban J connectivity index is 1.89. The van der Waals surface area contributed by atoms with Gasteiger partial charge in [-0.05, 0) is 31.9 Å². The maximum absolute atomic E-state index is 4.66. The van der Waals surface area contributed by atoms with Gasteiger partial charge in [0.15, 0.2) is 5.82 Å². The van der Waals surface area contributed by atoms with Crippen LogP contribution in [0.4, 0.5) is 5.82 Å². The van der Waals surface area contributed by atoms with Crippen molar-refractivity contribution >= 4 is 16.7 Å².